The lowest BCUT2D eigenvalue weighted by molar-refractivity contribution is 0.235. The van der Waals surface area contributed by atoms with Crippen LogP contribution < -0.4 is 5.32 Å². The van der Waals surface area contributed by atoms with Gasteiger partial charge in [0.1, 0.15) is 0 Å². The molecule has 0 spiro atoms. The Labute approximate surface area is 68.4 Å². The molecular weight excluding hydrogens is 150 g/mol. The molecule has 0 atom stereocenters. The lowest BCUT2D eigenvalue weighted by atomic mass is 9.95. The van der Waals surface area contributed by atoms with Crippen LogP contribution in [0.3, 0.4) is 0 Å². The molecular formula is C7H16ClNO. The Morgan fingerprint density at radius 1 is 1.30 bits per heavy atom. The van der Waals surface area contributed by atoms with Gasteiger partial charge in [-0.3, -0.25) is 0 Å². The van der Waals surface area contributed by atoms with Crippen molar-refractivity contribution in [1.29, 1.82) is 0 Å². The molecule has 0 bridgehead atoms. The summed E-state index contributed by atoms with van der Waals surface area (Å²) >= 11 is 0. The number of rotatable bonds is 2. The molecule has 3 heteroatoms. The van der Waals surface area contributed by atoms with Crippen LogP contribution in [0, 0.1) is 5.92 Å². The highest BCUT2D eigenvalue weighted by molar-refractivity contribution is 5.85. The molecule has 62 valence electrons. The number of piperidine rings is 1. The maximum Gasteiger partial charge on any atom is 0.0433 e. The van der Waals surface area contributed by atoms with Crippen LogP contribution in [0.15, 0.2) is 0 Å². The van der Waals surface area contributed by atoms with Crippen molar-refractivity contribution < 1.29 is 5.11 Å². The lowest BCUT2D eigenvalue weighted by Gasteiger charge is -2.21. The summed E-state index contributed by atoms with van der Waals surface area (Å²) in [6.07, 6.45) is 3.50. The number of nitrogens with one attached hydrogen (secondary N) is 1. The van der Waals surface area contributed by atoms with Gasteiger partial charge in [0.15, 0.2) is 0 Å². The van der Waals surface area contributed by atoms with Crippen LogP contribution in [0.5, 0.6) is 0 Å². The standard InChI is InChI=1S/C7H15NO.ClH/c9-6-3-7-1-4-8-5-2-7;/h7-9H,1-6H2;1H. The van der Waals surface area contributed by atoms with Gasteiger partial charge in [-0.25, -0.2) is 0 Å². The van der Waals surface area contributed by atoms with E-state index >= 15 is 0 Å². The average molecular weight is 166 g/mol. The molecule has 1 heterocycles. The largest absolute Gasteiger partial charge is 0.396 e. The van der Waals surface area contributed by atoms with Gasteiger partial charge in [-0.1, -0.05) is 0 Å². The van der Waals surface area contributed by atoms with E-state index < -0.39 is 0 Å². The smallest absolute Gasteiger partial charge is 0.0433 e. The van der Waals surface area contributed by atoms with E-state index in [2.05, 4.69) is 5.32 Å². The molecule has 1 fully saturated rings. The molecule has 1 aliphatic heterocycles. The monoisotopic (exact) mass is 165 g/mol. The Morgan fingerprint density at radius 2 is 1.90 bits per heavy atom. The molecule has 0 amide bonds. The fourth-order valence-corrected chi connectivity index (χ4v) is 1.35. The predicted molar refractivity (Wildman–Crippen MR) is 44.5 cm³/mol. The Balaban J connectivity index is 0.000000810. The van der Waals surface area contributed by atoms with Gasteiger partial charge in [0.25, 0.3) is 0 Å². The van der Waals surface area contributed by atoms with E-state index in [1.807, 2.05) is 0 Å². The highest BCUT2D eigenvalue weighted by Gasteiger charge is 2.10. The minimum atomic E-state index is 0. The van der Waals surface area contributed by atoms with E-state index in [1.165, 1.54) is 12.8 Å². The summed E-state index contributed by atoms with van der Waals surface area (Å²) in [5, 5.41) is 11.9. The molecule has 1 rings (SSSR count). The normalized spacial score (nSPS) is 20.1. The van der Waals surface area contributed by atoms with E-state index in [1.54, 1.807) is 0 Å². The van der Waals surface area contributed by atoms with Crippen molar-refractivity contribution in [2.75, 3.05) is 19.7 Å². The molecule has 0 aromatic rings. The Bertz CT molecular complexity index is 71.3. The van der Waals surface area contributed by atoms with Crippen molar-refractivity contribution in [3.05, 3.63) is 0 Å². The molecule has 2 N–H and O–H groups in total. The topological polar surface area (TPSA) is 32.3 Å². The van der Waals surface area contributed by atoms with Crippen molar-refractivity contribution in [1.82, 2.24) is 5.32 Å². The van der Waals surface area contributed by atoms with Crippen molar-refractivity contribution in [3.8, 4) is 0 Å². The van der Waals surface area contributed by atoms with Crippen LogP contribution in [-0.2, 0) is 0 Å². The number of hydrogen-bond donors (Lipinski definition) is 2. The second-order valence-corrected chi connectivity index (χ2v) is 2.71. The molecule has 0 aromatic heterocycles. The van der Waals surface area contributed by atoms with Gasteiger partial charge in [0.2, 0.25) is 0 Å². The summed E-state index contributed by atoms with van der Waals surface area (Å²) in [7, 11) is 0. The minimum absolute atomic E-state index is 0. The maximum absolute atomic E-state index is 8.60. The maximum atomic E-state index is 8.60. The third-order valence-electron chi connectivity index (χ3n) is 2.00. The highest BCUT2D eigenvalue weighted by atomic mass is 35.5. The van der Waals surface area contributed by atoms with E-state index in [0.717, 1.165) is 25.4 Å². The van der Waals surface area contributed by atoms with Gasteiger partial charge < -0.3 is 10.4 Å². The second-order valence-electron chi connectivity index (χ2n) is 2.71. The van der Waals surface area contributed by atoms with Crippen LogP contribution in [0.1, 0.15) is 19.3 Å². The fourth-order valence-electron chi connectivity index (χ4n) is 1.35. The van der Waals surface area contributed by atoms with Crippen LogP contribution in [0.4, 0.5) is 0 Å². The van der Waals surface area contributed by atoms with E-state index in [9.17, 15) is 0 Å². The van der Waals surface area contributed by atoms with Crippen molar-refractivity contribution in [3.63, 3.8) is 0 Å². The van der Waals surface area contributed by atoms with Gasteiger partial charge in [-0.15, -0.1) is 12.4 Å². The minimum Gasteiger partial charge on any atom is -0.396 e. The summed E-state index contributed by atoms with van der Waals surface area (Å²) in [4.78, 5) is 0. The Hall–Kier alpha value is 0.210. The van der Waals surface area contributed by atoms with Gasteiger partial charge in [0, 0.05) is 6.61 Å². The molecule has 0 aromatic carbocycles. The predicted octanol–water partition coefficient (Wildman–Crippen LogP) is 0.790. The summed E-state index contributed by atoms with van der Waals surface area (Å²) in [5.41, 5.74) is 0. The zero-order valence-electron chi connectivity index (χ0n) is 6.18. The third-order valence-corrected chi connectivity index (χ3v) is 2.00. The van der Waals surface area contributed by atoms with E-state index in [0.29, 0.717) is 6.61 Å². The van der Waals surface area contributed by atoms with Crippen LogP contribution in [-0.4, -0.2) is 24.8 Å². The fraction of sp³-hybridized carbons (Fsp3) is 1.00. The zero-order chi connectivity index (χ0) is 6.53. The third kappa shape index (κ3) is 3.40. The molecule has 1 saturated heterocycles. The number of hydrogen-bond acceptors (Lipinski definition) is 2. The first-order chi connectivity index (χ1) is 4.43. The van der Waals surface area contributed by atoms with Gasteiger partial charge in [0.05, 0.1) is 0 Å². The molecule has 1 aliphatic rings. The molecule has 2 nitrogen and oxygen atoms in total. The summed E-state index contributed by atoms with van der Waals surface area (Å²) < 4.78 is 0. The second kappa shape index (κ2) is 5.96. The lowest BCUT2D eigenvalue weighted by Crippen LogP contribution is -2.28. The van der Waals surface area contributed by atoms with Crippen molar-refractivity contribution in [2.45, 2.75) is 19.3 Å². The molecule has 0 aliphatic carbocycles. The first-order valence-electron chi connectivity index (χ1n) is 3.75. The Kier molecular flexibility index (Phi) is 6.08. The number of aliphatic hydroxyl groups is 1. The van der Waals surface area contributed by atoms with Crippen molar-refractivity contribution >= 4 is 12.4 Å². The van der Waals surface area contributed by atoms with E-state index in [-0.39, 0.29) is 12.4 Å². The summed E-state index contributed by atoms with van der Waals surface area (Å²) in [5.74, 6) is 0.788. The highest BCUT2D eigenvalue weighted by Crippen LogP contribution is 2.14. The van der Waals surface area contributed by atoms with Crippen LogP contribution in [0.25, 0.3) is 0 Å². The SMILES string of the molecule is Cl.OCCC1CCNCC1. The number of aliphatic hydroxyl groups excluding tert-OH is 1. The quantitative estimate of drug-likeness (QED) is 0.634. The zero-order valence-corrected chi connectivity index (χ0v) is 6.99. The first-order valence-corrected chi connectivity index (χ1v) is 3.75. The van der Waals surface area contributed by atoms with Crippen LogP contribution in [0.2, 0.25) is 0 Å². The summed E-state index contributed by atoms with van der Waals surface area (Å²) in [6, 6.07) is 0. The first kappa shape index (κ1) is 10.2. The van der Waals surface area contributed by atoms with Gasteiger partial charge in [-0.05, 0) is 38.3 Å². The van der Waals surface area contributed by atoms with Gasteiger partial charge in [-0.2, -0.15) is 0 Å². The molecule has 10 heavy (non-hydrogen) atoms. The van der Waals surface area contributed by atoms with Gasteiger partial charge >= 0.3 is 0 Å². The summed E-state index contributed by atoms with van der Waals surface area (Å²) in [6.45, 7) is 2.65. The van der Waals surface area contributed by atoms with E-state index in [4.69, 9.17) is 5.11 Å². The average Bonchev–Trinajstić information content (AvgIpc) is 1.91. The number of halogens is 1. The molecule has 0 saturated carbocycles. The molecule has 0 unspecified atom stereocenters. The van der Waals surface area contributed by atoms with Crippen LogP contribution >= 0.6 is 12.4 Å². The Morgan fingerprint density at radius 3 is 2.40 bits per heavy atom. The molecule has 0 radical (unpaired) electrons. The van der Waals surface area contributed by atoms with Crippen molar-refractivity contribution in [2.24, 2.45) is 5.92 Å².